The molecule has 27 heavy (non-hydrogen) atoms. The molecule has 0 unspecified atom stereocenters. The Kier molecular flexibility index (Phi) is 8.70. The lowest BCUT2D eigenvalue weighted by atomic mass is 10.1. The molecule has 0 spiro atoms. The molecule has 2 N–H and O–H groups in total. The monoisotopic (exact) mass is 379 g/mol. The number of amides is 2. The molecule has 0 bridgehead atoms. The second-order valence-electron chi connectivity index (χ2n) is 6.22. The second-order valence-corrected chi connectivity index (χ2v) is 6.22. The molecule has 0 atom stereocenters. The molecule has 1 aliphatic rings. The minimum Gasteiger partial charge on any atom is -0.497 e. The summed E-state index contributed by atoms with van der Waals surface area (Å²) in [6.07, 6.45) is 1.37. The number of rotatable bonds is 9. The number of ether oxygens (including phenoxy) is 3. The minimum absolute atomic E-state index is 0.0684. The number of benzene rings is 1. The maximum atomic E-state index is 11.9. The van der Waals surface area contributed by atoms with E-state index in [0.29, 0.717) is 32.8 Å². The highest BCUT2D eigenvalue weighted by atomic mass is 16.6. The molecule has 1 heterocycles. The predicted molar refractivity (Wildman–Crippen MR) is 101 cm³/mol. The normalized spacial score (nSPS) is 14.5. The molecule has 8 heteroatoms. The summed E-state index contributed by atoms with van der Waals surface area (Å²) in [7, 11) is 1.61. The summed E-state index contributed by atoms with van der Waals surface area (Å²) in [6, 6.07) is 7.53. The van der Waals surface area contributed by atoms with E-state index in [1.165, 1.54) is 0 Å². The third-order valence-corrected chi connectivity index (χ3v) is 4.32. The zero-order valence-electron chi connectivity index (χ0n) is 16.0. The van der Waals surface area contributed by atoms with Crippen LogP contribution in [0.15, 0.2) is 24.3 Å². The smallest absolute Gasteiger partial charge is 0.409 e. The predicted octanol–water partition coefficient (Wildman–Crippen LogP) is 1.40. The Balaban J connectivity index is 1.54. The highest BCUT2D eigenvalue weighted by molar-refractivity contribution is 5.78. The van der Waals surface area contributed by atoms with E-state index in [0.717, 1.165) is 24.3 Å². The first-order valence-electron chi connectivity index (χ1n) is 9.31. The van der Waals surface area contributed by atoms with Crippen LogP contribution in [0.5, 0.6) is 11.5 Å². The first-order valence-corrected chi connectivity index (χ1v) is 9.31. The van der Waals surface area contributed by atoms with Crippen molar-refractivity contribution in [2.75, 3.05) is 46.5 Å². The Morgan fingerprint density at radius 2 is 1.81 bits per heavy atom. The zero-order valence-corrected chi connectivity index (χ0v) is 16.0. The number of methoxy groups -OCH3 is 1. The van der Waals surface area contributed by atoms with Gasteiger partial charge in [-0.15, -0.1) is 0 Å². The lowest BCUT2D eigenvalue weighted by Crippen LogP contribution is -2.47. The number of piperidine rings is 1. The summed E-state index contributed by atoms with van der Waals surface area (Å²) in [5.74, 6) is 1.44. The largest absolute Gasteiger partial charge is 0.497 e. The topological polar surface area (TPSA) is 89.1 Å². The number of hydrogen-bond acceptors (Lipinski definition) is 6. The van der Waals surface area contributed by atoms with Gasteiger partial charge in [-0.05, 0) is 44.0 Å². The number of hydrogen-bond donors (Lipinski definition) is 2. The van der Waals surface area contributed by atoms with Gasteiger partial charge in [0.05, 0.1) is 26.8 Å². The van der Waals surface area contributed by atoms with E-state index in [2.05, 4.69) is 10.6 Å². The first kappa shape index (κ1) is 20.8. The van der Waals surface area contributed by atoms with Crippen molar-refractivity contribution >= 4 is 12.0 Å². The minimum atomic E-state index is -0.259. The van der Waals surface area contributed by atoms with Gasteiger partial charge in [0.1, 0.15) is 18.1 Å². The van der Waals surface area contributed by atoms with Crippen LogP contribution in [0.25, 0.3) is 0 Å². The molecule has 1 aromatic carbocycles. The number of nitrogens with zero attached hydrogens (tertiary/aromatic N) is 1. The van der Waals surface area contributed by atoms with Crippen molar-refractivity contribution in [3.05, 3.63) is 24.3 Å². The fourth-order valence-electron chi connectivity index (χ4n) is 2.81. The van der Waals surface area contributed by atoms with Gasteiger partial charge in [-0.2, -0.15) is 0 Å². The lowest BCUT2D eigenvalue weighted by Gasteiger charge is -2.31. The van der Waals surface area contributed by atoms with Crippen LogP contribution in [-0.4, -0.2) is 69.4 Å². The Hall–Kier alpha value is -2.48. The van der Waals surface area contributed by atoms with Crippen molar-refractivity contribution in [2.45, 2.75) is 25.8 Å². The van der Waals surface area contributed by atoms with Gasteiger partial charge >= 0.3 is 6.09 Å². The van der Waals surface area contributed by atoms with Gasteiger partial charge in [-0.3, -0.25) is 4.79 Å². The van der Waals surface area contributed by atoms with Crippen molar-refractivity contribution in [3.63, 3.8) is 0 Å². The standard InChI is InChI=1S/C19H29N3O5/c1-3-26-19(24)22-11-8-15(9-12-22)21-14-18(23)20-10-13-27-17-6-4-16(25-2)5-7-17/h4-7,15,21H,3,8-14H2,1-2H3,(H,20,23). The molecule has 0 aromatic heterocycles. The second kappa shape index (κ2) is 11.3. The van der Waals surface area contributed by atoms with Gasteiger partial charge in [0.15, 0.2) is 0 Å². The van der Waals surface area contributed by atoms with E-state index in [4.69, 9.17) is 14.2 Å². The lowest BCUT2D eigenvalue weighted by molar-refractivity contribution is -0.120. The number of nitrogens with one attached hydrogen (secondary N) is 2. The molecule has 1 aliphatic heterocycles. The van der Waals surface area contributed by atoms with Crippen LogP contribution in [0.3, 0.4) is 0 Å². The quantitative estimate of drug-likeness (QED) is 0.631. The summed E-state index contributed by atoms with van der Waals surface area (Å²) >= 11 is 0. The van der Waals surface area contributed by atoms with Crippen molar-refractivity contribution < 1.29 is 23.8 Å². The summed E-state index contributed by atoms with van der Waals surface area (Å²) in [5.41, 5.74) is 0. The number of likely N-dealkylation sites (tertiary alicyclic amines) is 1. The van der Waals surface area contributed by atoms with Gasteiger partial charge in [0, 0.05) is 19.1 Å². The third-order valence-electron chi connectivity index (χ3n) is 4.32. The van der Waals surface area contributed by atoms with Crippen LogP contribution >= 0.6 is 0 Å². The maximum absolute atomic E-state index is 11.9. The van der Waals surface area contributed by atoms with Crippen LogP contribution in [0.1, 0.15) is 19.8 Å². The molecule has 0 radical (unpaired) electrons. The van der Waals surface area contributed by atoms with Crippen LogP contribution < -0.4 is 20.1 Å². The van der Waals surface area contributed by atoms with Crippen LogP contribution in [0.4, 0.5) is 4.79 Å². The van der Waals surface area contributed by atoms with Crippen molar-refractivity contribution in [3.8, 4) is 11.5 Å². The summed E-state index contributed by atoms with van der Waals surface area (Å²) < 4.78 is 15.6. The molecule has 1 aromatic rings. The van der Waals surface area contributed by atoms with Crippen LogP contribution in [-0.2, 0) is 9.53 Å². The van der Waals surface area contributed by atoms with Gasteiger partial charge in [0.2, 0.25) is 5.91 Å². The van der Waals surface area contributed by atoms with Gasteiger partial charge < -0.3 is 29.7 Å². The number of carbonyl (C=O) groups excluding carboxylic acids is 2. The molecule has 8 nitrogen and oxygen atoms in total. The highest BCUT2D eigenvalue weighted by Gasteiger charge is 2.23. The SMILES string of the molecule is CCOC(=O)N1CCC(NCC(=O)NCCOc2ccc(OC)cc2)CC1. The van der Waals surface area contributed by atoms with Gasteiger partial charge in [-0.25, -0.2) is 4.79 Å². The zero-order chi connectivity index (χ0) is 19.5. The molecular weight excluding hydrogens is 350 g/mol. The van der Waals surface area contributed by atoms with Crippen molar-refractivity contribution in [1.82, 2.24) is 15.5 Å². The Morgan fingerprint density at radius 3 is 2.44 bits per heavy atom. The molecule has 0 saturated carbocycles. The Morgan fingerprint density at radius 1 is 1.15 bits per heavy atom. The van der Waals surface area contributed by atoms with Crippen molar-refractivity contribution in [1.29, 1.82) is 0 Å². The first-order chi connectivity index (χ1) is 13.1. The summed E-state index contributed by atoms with van der Waals surface area (Å²) in [4.78, 5) is 25.3. The molecule has 0 aliphatic carbocycles. The molecule has 150 valence electrons. The average Bonchev–Trinajstić information content (AvgIpc) is 2.70. The van der Waals surface area contributed by atoms with E-state index in [-0.39, 0.29) is 24.6 Å². The number of carbonyl (C=O) groups is 2. The van der Waals surface area contributed by atoms with E-state index in [1.807, 2.05) is 24.3 Å². The van der Waals surface area contributed by atoms with Crippen LogP contribution in [0, 0.1) is 0 Å². The molecule has 2 rings (SSSR count). The van der Waals surface area contributed by atoms with E-state index >= 15 is 0 Å². The van der Waals surface area contributed by atoms with Gasteiger partial charge in [0.25, 0.3) is 0 Å². The summed E-state index contributed by atoms with van der Waals surface area (Å²) in [6.45, 7) is 4.57. The highest BCUT2D eigenvalue weighted by Crippen LogP contribution is 2.16. The Bertz CT molecular complexity index is 586. The molecule has 1 saturated heterocycles. The molecule has 2 amide bonds. The summed E-state index contributed by atoms with van der Waals surface area (Å²) in [5, 5.41) is 6.06. The van der Waals surface area contributed by atoms with Gasteiger partial charge in [-0.1, -0.05) is 0 Å². The molecular formula is C19H29N3O5. The third kappa shape index (κ3) is 7.34. The van der Waals surface area contributed by atoms with Crippen LogP contribution in [0.2, 0.25) is 0 Å². The fourth-order valence-corrected chi connectivity index (χ4v) is 2.81. The Labute approximate surface area is 160 Å². The van der Waals surface area contributed by atoms with E-state index in [9.17, 15) is 9.59 Å². The van der Waals surface area contributed by atoms with E-state index in [1.54, 1.807) is 18.9 Å². The fraction of sp³-hybridized carbons (Fsp3) is 0.579. The van der Waals surface area contributed by atoms with E-state index < -0.39 is 0 Å². The average molecular weight is 379 g/mol. The van der Waals surface area contributed by atoms with Crippen molar-refractivity contribution in [2.24, 2.45) is 0 Å². The maximum Gasteiger partial charge on any atom is 0.409 e. The molecule has 1 fully saturated rings.